The highest BCUT2D eigenvalue weighted by Crippen LogP contribution is 2.43. The number of hydrogen-bond donors (Lipinski definition) is 0. The Hall–Kier alpha value is -0.220. The van der Waals surface area contributed by atoms with Gasteiger partial charge in [-0.15, -0.1) is 23.5 Å². The Labute approximate surface area is 85.5 Å². The molecule has 2 rings (SSSR count). The average Bonchev–Trinajstić information content (AvgIpc) is 2.20. The molecule has 0 amide bonds. The van der Waals surface area contributed by atoms with Gasteiger partial charge in [0.2, 0.25) is 5.95 Å². The van der Waals surface area contributed by atoms with Gasteiger partial charge in [-0.25, -0.2) is 4.98 Å². The zero-order valence-electron chi connectivity index (χ0n) is 7.07. The van der Waals surface area contributed by atoms with Crippen molar-refractivity contribution in [2.75, 3.05) is 11.5 Å². The Morgan fingerprint density at radius 1 is 1.38 bits per heavy atom. The number of pyridine rings is 1. The Kier molecular flexibility index (Phi) is 3.11. The lowest BCUT2D eigenvalue weighted by Crippen LogP contribution is -2.03. The van der Waals surface area contributed by atoms with E-state index in [2.05, 4.69) is 4.98 Å². The van der Waals surface area contributed by atoms with Crippen molar-refractivity contribution >= 4 is 23.5 Å². The van der Waals surface area contributed by atoms with E-state index in [0.29, 0.717) is 0 Å². The summed E-state index contributed by atoms with van der Waals surface area (Å²) >= 11 is 3.63. The zero-order chi connectivity index (χ0) is 9.10. The Morgan fingerprint density at radius 2 is 2.15 bits per heavy atom. The normalized spacial score (nSPS) is 18.8. The van der Waals surface area contributed by atoms with E-state index < -0.39 is 0 Å². The number of hydrogen-bond acceptors (Lipinski definition) is 3. The topological polar surface area (TPSA) is 12.9 Å². The van der Waals surface area contributed by atoms with Crippen molar-refractivity contribution in [1.82, 2.24) is 4.98 Å². The molecule has 70 valence electrons. The Balaban J connectivity index is 2.18. The van der Waals surface area contributed by atoms with E-state index in [1.54, 1.807) is 6.07 Å². The summed E-state index contributed by atoms with van der Waals surface area (Å²) in [4.78, 5) is 3.66. The van der Waals surface area contributed by atoms with E-state index in [1.165, 1.54) is 12.6 Å². The molecule has 4 heteroatoms. The van der Waals surface area contributed by atoms with Crippen molar-refractivity contribution in [2.45, 2.75) is 11.0 Å². The van der Waals surface area contributed by atoms with Crippen molar-refractivity contribution in [2.24, 2.45) is 0 Å². The zero-order valence-corrected chi connectivity index (χ0v) is 8.71. The summed E-state index contributed by atoms with van der Waals surface area (Å²) < 4.78 is 13.5. The van der Waals surface area contributed by atoms with Gasteiger partial charge in [0.05, 0.1) is 4.58 Å². The van der Waals surface area contributed by atoms with Gasteiger partial charge in [0, 0.05) is 11.8 Å². The third kappa shape index (κ3) is 2.17. The van der Waals surface area contributed by atoms with Crippen LogP contribution in [0.2, 0.25) is 0 Å². The minimum Gasteiger partial charge on any atom is -0.228 e. The molecule has 0 aromatic carbocycles. The summed E-state index contributed by atoms with van der Waals surface area (Å²) in [6.07, 6.45) is 2.73. The van der Waals surface area contributed by atoms with E-state index in [4.69, 9.17) is 0 Å². The van der Waals surface area contributed by atoms with Gasteiger partial charge >= 0.3 is 0 Å². The molecule has 0 radical (unpaired) electrons. The molecule has 1 aliphatic heterocycles. The molecule has 0 bridgehead atoms. The molecule has 1 saturated heterocycles. The van der Waals surface area contributed by atoms with Crippen LogP contribution in [0.15, 0.2) is 18.3 Å². The van der Waals surface area contributed by atoms with Crippen LogP contribution in [0.25, 0.3) is 0 Å². The van der Waals surface area contributed by atoms with E-state index in [9.17, 15) is 4.39 Å². The maximum atomic E-state index is 13.2. The van der Waals surface area contributed by atoms with Crippen LogP contribution in [0.1, 0.15) is 16.6 Å². The number of rotatable bonds is 1. The second-order valence-electron chi connectivity index (χ2n) is 2.81. The first-order chi connectivity index (χ1) is 6.38. The van der Waals surface area contributed by atoms with Gasteiger partial charge in [-0.3, -0.25) is 0 Å². The maximum Gasteiger partial charge on any atom is 0.218 e. The van der Waals surface area contributed by atoms with Crippen LogP contribution in [0.4, 0.5) is 4.39 Å². The lowest BCUT2D eigenvalue weighted by atomic mass is 10.3. The summed E-state index contributed by atoms with van der Waals surface area (Å²) in [7, 11) is 0. The van der Waals surface area contributed by atoms with E-state index >= 15 is 0 Å². The van der Waals surface area contributed by atoms with E-state index in [1.807, 2.05) is 29.6 Å². The van der Waals surface area contributed by atoms with Gasteiger partial charge in [0.15, 0.2) is 0 Å². The van der Waals surface area contributed by atoms with Crippen LogP contribution < -0.4 is 0 Å². The molecule has 1 aromatic rings. The van der Waals surface area contributed by atoms with Crippen molar-refractivity contribution in [3.8, 4) is 0 Å². The standard InChI is InChI=1S/C9H10FNS2/c10-8-7(3-1-4-11-8)9-12-5-2-6-13-9/h1,3-4,9H,2,5-6H2. The number of halogens is 1. The number of thioether (sulfide) groups is 2. The quantitative estimate of drug-likeness (QED) is 0.668. The minimum atomic E-state index is -0.311. The van der Waals surface area contributed by atoms with Gasteiger partial charge in [0.1, 0.15) is 0 Å². The molecule has 0 unspecified atom stereocenters. The predicted molar refractivity (Wildman–Crippen MR) is 56.5 cm³/mol. The molecule has 0 N–H and O–H groups in total. The van der Waals surface area contributed by atoms with Crippen LogP contribution in [0.3, 0.4) is 0 Å². The molecule has 1 nitrogen and oxygen atoms in total. The fraction of sp³-hybridized carbons (Fsp3) is 0.444. The third-order valence-corrected chi connectivity index (χ3v) is 4.85. The molecule has 0 spiro atoms. The van der Waals surface area contributed by atoms with E-state index in [0.717, 1.165) is 17.1 Å². The van der Waals surface area contributed by atoms with Crippen LogP contribution in [0.5, 0.6) is 0 Å². The predicted octanol–water partition coefficient (Wildman–Crippen LogP) is 3.09. The molecule has 2 heterocycles. The fourth-order valence-electron chi connectivity index (χ4n) is 1.24. The largest absolute Gasteiger partial charge is 0.228 e. The Morgan fingerprint density at radius 3 is 2.85 bits per heavy atom. The number of aromatic nitrogens is 1. The SMILES string of the molecule is Fc1ncccc1C1SCCCS1. The monoisotopic (exact) mass is 215 g/mol. The highest BCUT2D eigenvalue weighted by Gasteiger charge is 2.19. The molecular formula is C9H10FNS2. The first kappa shape index (κ1) is 9.34. The van der Waals surface area contributed by atoms with Crippen LogP contribution in [-0.4, -0.2) is 16.5 Å². The molecule has 1 aliphatic rings. The lowest BCUT2D eigenvalue weighted by Gasteiger charge is -2.20. The summed E-state index contributed by atoms with van der Waals surface area (Å²) in [5.74, 6) is 1.95. The average molecular weight is 215 g/mol. The second kappa shape index (κ2) is 4.33. The molecule has 0 aliphatic carbocycles. The molecular weight excluding hydrogens is 205 g/mol. The summed E-state index contributed by atoms with van der Waals surface area (Å²) in [6.45, 7) is 0. The fourth-order valence-corrected chi connectivity index (χ4v) is 4.15. The number of nitrogens with zero attached hydrogens (tertiary/aromatic N) is 1. The smallest absolute Gasteiger partial charge is 0.218 e. The second-order valence-corrected chi connectivity index (χ2v) is 5.53. The molecule has 1 aromatic heterocycles. The minimum absolute atomic E-state index is 0.252. The van der Waals surface area contributed by atoms with Gasteiger partial charge in [0.25, 0.3) is 0 Å². The third-order valence-electron chi connectivity index (χ3n) is 1.87. The van der Waals surface area contributed by atoms with Crippen LogP contribution in [-0.2, 0) is 0 Å². The summed E-state index contributed by atoms with van der Waals surface area (Å²) in [6, 6.07) is 3.63. The van der Waals surface area contributed by atoms with Crippen molar-refractivity contribution in [3.63, 3.8) is 0 Å². The first-order valence-electron chi connectivity index (χ1n) is 4.21. The molecule has 0 saturated carbocycles. The first-order valence-corrected chi connectivity index (χ1v) is 6.31. The van der Waals surface area contributed by atoms with Crippen LogP contribution >= 0.6 is 23.5 Å². The van der Waals surface area contributed by atoms with Crippen molar-refractivity contribution in [1.29, 1.82) is 0 Å². The summed E-state index contributed by atoms with van der Waals surface area (Å²) in [5, 5.41) is 0. The molecule has 0 atom stereocenters. The van der Waals surface area contributed by atoms with E-state index in [-0.39, 0.29) is 10.5 Å². The van der Waals surface area contributed by atoms with Crippen molar-refractivity contribution in [3.05, 3.63) is 29.8 Å². The highest BCUT2D eigenvalue weighted by atomic mass is 32.2. The maximum absolute atomic E-state index is 13.2. The van der Waals surface area contributed by atoms with Gasteiger partial charge in [-0.2, -0.15) is 4.39 Å². The molecule has 13 heavy (non-hydrogen) atoms. The molecule has 1 fully saturated rings. The summed E-state index contributed by atoms with van der Waals surface area (Å²) in [5.41, 5.74) is 0.747. The van der Waals surface area contributed by atoms with Gasteiger partial charge in [-0.1, -0.05) is 6.07 Å². The lowest BCUT2D eigenvalue weighted by molar-refractivity contribution is 0.572. The van der Waals surface area contributed by atoms with Crippen molar-refractivity contribution < 1.29 is 4.39 Å². The van der Waals surface area contributed by atoms with Crippen LogP contribution in [0, 0.1) is 5.95 Å². The van der Waals surface area contributed by atoms with Gasteiger partial charge < -0.3 is 0 Å². The van der Waals surface area contributed by atoms with Gasteiger partial charge in [-0.05, 0) is 24.0 Å². The highest BCUT2D eigenvalue weighted by molar-refractivity contribution is 8.16. The Bertz CT molecular complexity index is 287.